The molecule has 0 heterocycles. The molecule has 3 amide bonds. The van der Waals surface area contributed by atoms with Gasteiger partial charge in [-0.3, -0.25) is 20.4 Å². The average Bonchev–Trinajstić information content (AvgIpc) is 2.78. The van der Waals surface area contributed by atoms with Crippen LogP contribution >= 0.6 is 0 Å². The molecule has 0 saturated carbocycles. The molecule has 1 unspecified atom stereocenters. The summed E-state index contributed by atoms with van der Waals surface area (Å²) >= 11 is 0. The number of rotatable bonds is 4. The largest absolute Gasteiger partial charge is 0.444 e. The Hall–Kier alpha value is -3.35. The number of amides is 3. The van der Waals surface area contributed by atoms with Gasteiger partial charge in [-0.15, -0.1) is 0 Å². The molecule has 0 radical (unpaired) electrons. The second kappa shape index (κ2) is 9.72. The summed E-state index contributed by atoms with van der Waals surface area (Å²) in [5.74, 6) is -1.03. The van der Waals surface area contributed by atoms with Gasteiger partial charge in [0.15, 0.2) is 0 Å². The summed E-state index contributed by atoms with van der Waals surface area (Å²) in [4.78, 5) is 38.3. The van der Waals surface area contributed by atoms with E-state index in [9.17, 15) is 14.4 Å². The van der Waals surface area contributed by atoms with Crippen molar-refractivity contribution in [2.75, 3.05) is 0 Å². The lowest BCUT2D eigenvalue weighted by Crippen LogP contribution is -2.49. The minimum absolute atomic E-state index is 0.0173. The molecule has 3 rings (SSSR count). The Morgan fingerprint density at radius 2 is 1.46 bits per heavy atom. The highest BCUT2D eigenvalue weighted by atomic mass is 16.6. The first-order chi connectivity index (χ1) is 16.2. The summed E-state index contributed by atoms with van der Waals surface area (Å²) in [6.07, 6.45) is 1.36. The van der Waals surface area contributed by atoms with Crippen LogP contribution in [-0.4, -0.2) is 23.5 Å². The molecule has 1 aliphatic carbocycles. The molecule has 2 aromatic rings. The van der Waals surface area contributed by atoms with Crippen molar-refractivity contribution in [2.45, 2.75) is 83.8 Å². The molecular weight excluding hydrogens is 442 g/mol. The van der Waals surface area contributed by atoms with Crippen LogP contribution < -0.4 is 16.2 Å². The Morgan fingerprint density at radius 1 is 0.857 bits per heavy atom. The summed E-state index contributed by atoms with van der Waals surface area (Å²) in [6, 6.07) is 13.4. The Bertz CT molecular complexity index is 1100. The van der Waals surface area contributed by atoms with E-state index in [0.29, 0.717) is 11.1 Å². The van der Waals surface area contributed by atoms with Gasteiger partial charge in [0.25, 0.3) is 11.8 Å². The summed E-state index contributed by atoms with van der Waals surface area (Å²) in [7, 11) is 0. The van der Waals surface area contributed by atoms with E-state index >= 15 is 0 Å². The smallest absolute Gasteiger partial charge is 0.408 e. The average molecular weight is 480 g/mol. The van der Waals surface area contributed by atoms with Gasteiger partial charge >= 0.3 is 6.09 Å². The number of nitrogens with one attached hydrogen (secondary N) is 3. The zero-order valence-corrected chi connectivity index (χ0v) is 21.7. The number of benzene rings is 2. The van der Waals surface area contributed by atoms with Crippen LogP contribution in [-0.2, 0) is 20.4 Å². The number of hydrogen-bond acceptors (Lipinski definition) is 4. The number of fused-ring (bicyclic) bond motifs is 1. The maximum atomic E-state index is 13.2. The van der Waals surface area contributed by atoms with E-state index in [2.05, 4.69) is 43.9 Å². The van der Waals surface area contributed by atoms with Crippen molar-refractivity contribution in [3.05, 3.63) is 70.8 Å². The van der Waals surface area contributed by atoms with Crippen LogP contribution in [0.15, 0.2) is 48.5 Å². The van der Waals surface area contributed by atoms with Gasteiger partial charge in [-0.25, -0.2) is 4.79 Å². The normalized spacial score (nSPS) is 16.9. The monoisotopic (exact) mass is 479 g/mol. The molecule has 0 aromatic heterocycles. The molecule has 0 bridgehead atoms. The molecule has 188 valence electrons. The van der Waals surface area contributed by atoms with Gasteiger partial charge in [0.05, 0.1) is 0 Å². The quantitative estimate of drug-likeness (QED) is 0.534. The molecule has 1 atom stereocenters. The topological polar surface area (TPSA) is 96.5 Å². The molecule has 35 heavy (non-hydrogen) atoms. The molecular formula is C28H37N3O4. The van der Waals surface area contributed by atoms with Gasteiger partial charge < -0.3 is 10.1 Å². The van der Waals surface area contributed by atoms with Crippen LogP contribution in [0.4, 0.5) is 4.79 Å². The maximum absolute atomic E-state index is 13.2. The van der Waals surface area contributed by atoms with Crippen LogP contribution in [0.1, 0.15) is 94.4 Å². The van der Waals surface area contributed by atoms with Crippen molar-refractivity contribution in [3.63, 3.8) is 0 Å². The Morgan fingerprint density at radius 3 is 2.06 bits per heavy atom. The number of alkyl carbamates (subject to hydrolysis) is 1. The van der Waals surface area contributed by atoms with Gasteiger partial charge in [-0.05, 0) is 73.3 Å². The van der Waals surface area contributed by atoms with E-state index < -0.39 is 29.6 Å². The van der Waals surface area contributed by atoms with E-state index in [0.717, 1.165) is 18.4 Å². The lowest BCUT2D eigenvalue weighted by molar-refractivity contribution is -0.124. The van der Waals surface area contributed by atoms with E-state index in [1.54, 1.807) is 51.1 Å². The SMILES string of the molecule is CC(C)(C)OC(=O)NC(C(=O)NNC(=O)c1ccccc1)c1ccc2c(c1)C(C)(C)CCC2(C)C. The second-order valence-corrected chi connectivity index (χ2v) is 11.5. The molecule has 1 aliphatic rings. The zero-order valence-electron chi connectivity index (χ0n) is 21.7. The first-order valence-electron chi connectivity index (χ1n) is 12.0. The summed E-state index contributed by atoms with van der Waals surface area (Å²) in [5, 5.41) is 2.68. The first-order valence-corrected chi connectivity index (χ1v) is 12.0. The van der Waals surface area contributed by atoms with Crippen molar-refractivity contribution < 1.29 is 19.1 Å². The predicted molar refractivity (Wildman–Crippen MR) is 136 cm³/mol. The highest BCUT2D eigenvalue weighted by Gasteiger charge is 2.38. The minimum atomic E-state index is -1.06. The van der Waals surface area contributed by atoms with Crippen LogP contribution in [0.25, 0.3) is 0 Å². The first kappa shape index (κ1) is 26.3. The maximum Gasteiger partial charge on any atom is 0.408 e. The Balaban J connectivity index is 1.90. The highest BCUT2D eigenvalue weighted by Crippen LogP contribution is 2.46. The van der Waals surface area contributed by atoms with E-state index in [4.69, 9.17) is 4.74 Å². The highest BCUT2D eigenvalue weighted by molar-refractivity contribution is 5.96. The van der Waals surface area contributed by atoms with Gasteiger partial charge in [0.2, 0.25) is 0 Å². The fourth-order valence-electron chi connectivity index (χ4n) is 4.36. The van der Waals surface area contributed by atoms with Gasteiger partial charge in [0, 0.05) is 5.56 Å². The van der Waals surface area contributed by atoms with Crippen molar-refractivity contribution in [1.82, 2.24) is 16.2 Å². The van der Waals surface area contributed by atoms with Crippen LogP contribution in [0.5, 0.6) is 0 Å². The number of hydrogen-bond donors (Lipinski definition) is 3. The van der Waals surface area contributed by atoms with E-state index in [-0.39, 0.29) is 10.8 Å². The van der Waals surface area contributed by atoms with Gasteiger partial charge in [0.1, 0.15) is 11.6 Å². The Kier molecular flexibility index (Phi) is 7.29. The second-order valence-electron chi connectivity index (χ2n) is 11.5. The van der Waals surface area contributed by atoms with E-state index in [1.807, 2.05) is 18.2 Å². The molecule has 3 N–H and O–H groups in total. The number of carbonyl (C=O) groups excluding carboxylic acids is 3. The van der Waals surface area contributed by atoms with Crippen LogP contribution in [0.2, 0.25) is 0 Å². The third-order valence-corrected chi connectivity index (χ3v) is 6.47. The lowest BCUT2D eigenvalue weighted by Gasteiger charge is -2.42. The van der Waals surface area contributed by atoms with Crippen molar-refractivity contribution in [2.24, 2.45) is 0 Å². The predicted octanol–water partition coefficient (Wildman–Crippen LogP) is 5.06. The fourth-order valence-corrected chi connectivity index (χ4v) is 4.36. The molecule has 7 heteroatoms. The van der Waals surface area contributed by atoms with Crippen LogP contribution in [0, 0.1) is 0 Å². The van der Waals surface area contributed by atoms with Crippen molar-refractivity contribution in [3.8, 4) is 0 Å². The summed E-state index contributed by atoms with van der Waals surface area (Å²) in [6.45, 7) is 14.1. The minimum Gasteiger partial charge on any atom is -0.444 e. The number of ether oxygens (including phenoxy) is 1. The molecule has 0 aliphatic heterocycles. The van der Waals surface area contributed by atoms with Gasteiger partial charge in [-0.2, -0.15) is 0 Å². The Labute approximate surface area is 208 Å². The standard InChI is InChI=1S/C28H37N3O4/c1-26(2,3)35-25(34)29-22(24(33)31-30-23(32)18-11-9-8-10-12-18)19-13-14-20-21(17-19)28(6,7)16-15-27(20,4)5/h8-14,17,22H,15-16H2,1-7H3,(H,29,34)(H,30,32)(H,31,33). The van der Waals surface area contributed by atoms with Crippen molar-refractivity contribution in [1.29, 1.82) is 0 Å². The lowest BCUT2D eigenvalue weighted by atomic mass is 9.63. The number of carbonyl (C=O) groups is 3. The third-order valence-electron chi connectivity index (χ3n) is 6.47. The molecule has 0 spiro atoms. The molecule has 7 nitrogen and oxygen atoms in total. The third kappa shape index (κ3) is 6.41. The number of hydrazine groups is 1. The molecule has 0 fully saturated rings. The van der Waals surface area contributed by atoms with Crippen molar-refractivity contribution >= 4 is 17.9 Å². The van der Waals surface area contributed by atoms with Gasteiger partial charge in [-0.1, -0.05) is 64.1 Å². The zero-order chi connectivity index (χ0) is 26.0. The summed E-state index contributed by atoms with van der Waals surface area (Å²) in [5.41, 5.74) is 7.52. The fraction of sp³-hybridized carbons (Fsp3) is 0.464. The molecule has 0 saturated heterocycles. The summed E-state index contributed by atoms with van der Waals surface area (Å²) < 4.78 is 5.40. The molecule has 2 aromatic carbocycles. The van der Waals surface area contributed by atoms with E-state index in [1.165, 1.54) is 5.56 Å². The van der Waals surface area contributed by atoms with Crippen LogP contribution in [0.3, 0.4) is 0 Å².